The Balaban J connectivity index is 1.79. The van der Waals surface area contributed by atoms with E-state index in [1.807, 2.05) is 30.3 Å². The van der Waals surface area contributed by atoms with Crippen LogP contribution in [0.4, 0.5) is 0 Å². The smallest absolute Gasteiger partial charge is 0.279 e. The second-order valence-electron chi connectivity index (χ2n) is 6.94. The third-order valence-corrected chi connectivity index (χ3v) is 6.57. The fourth-order valence-electron chi connectivity index (χ4n) is 3.70. The molecule has 0 bridgehead atoms. The lowest BCUT2D eigenvalue weighted by Gasteiger charge is -2.32. The maximum atomic E-state index is 12.3. The summed E-state index contributed by atoms with van der Waals surface area (Å²) < 4.78 is 34.4. The summed E-state index contributed by atoms with van der Waals surface area (Å²) in [6.07, 6.45) is 1.39. The van der Waals surface area contributed by atoms with Gasteiger partial charge < -0.3 is 9.84 Å². The summed E-state index contributed by atoms with van der Waals surface area (Å²) in [7, 11) is -0.581. The summed E-state index contributed by atoms with van der Waals surface area (Å²) in [4.78, 5) is 2.18. The van der Waals surface area contributed by atoms with Crippen molar-refractivity contribution in [1.82, 2.24) is 13.9 Å². The normalized spacial score (nSPS) is 30.9. The van der Waals surface area contributed by atoms with Crippen LogP contribution in [0.15, 0.2) is 30.3 Å². The fraction of sp³-hybridized carbons (Fsp3) is 0.647. The first-order valence-corrected chi connectivity index (χ1v) is 10.2. The predicted octanol–water partition coefficient (Wildman–Crippen LogP) is 0.428. The van der Waals surface area contributed by atoms with Crippen LogP contribution in [0.25, 0.3) is 0 Å². The van der Waals surface area contributed by atoms with E-state index in [0.717, 1.165) is 30.2 Å². The minimum absolute atomic E-state index is 0.272. The van der Waals surface area contributed by atoms with E-state index < -0.39 is 22.4 Å². The van der Waals surface area contributed by atoms with Crippen molar-refractivity contribution in [1.29, 1.82) is 0 Å². The molecule has 4 atom stereocenters. The van der Waals surface area contributed by atoms with Crippen molar-refractivity contribution in [3.05, 3.63) is 30.3 Å². The zero-order chi connectivity index (χ0) is 18.0. The number of hydrogen-bond acceptors (Lipinski definition) is 5. The molecule has 0 radical (unpaired) electrons. The van der Waals surface area contributed by atoms with Crippen LogP contribution >= 0.6 is 0 Å². The van der Waals surface area contributed by atoms with Crippen molar-refractivity contribution < 1.29 is 18.3 Å². The van der Waals surface area contributed by atoms with Gasteiger partial charge in [0.05, 0.1) is 6.04 Å². The molecule has 0 unspecified atom stereocenters. The minimum atomic E-state index is -3.57. The van der Waals surface area contributed by atoms with Crippen LogP contribution in [0, 0.1) is 0 Å². The molecule has 2 fully saturated rings. The van der Waals surface area contributed by atoms with Crippen molar-refractivity contribution in [2.75, 3.05) is 27.2 Å². The number of hydrogen-bond donors (Lipinski definition) is 2. The fourth-order valence-corrected chi connectivity index (χ4v) is 4.53. The largest absolute Gasteiger partial charge is 0.488 e. The van der Waals surface area contributed by atoms with E-state index in [-0.39, 0.29) is 12.1 Å². The summed E-state index contributed by atoms with van der Waals surface area (Å²) >= 11 is 0. The Morgan fingerprint density at radius 3 is 2.44 bits per heavy atom. The first-order valence-electron chi connectivity index (χ1n) is 8.72. The van der Waals surface area contributed by atoms with Crippen molar-refractivity contribution in [3.8, 4) is 5.75 Å². The molecule has 2 aliphatic rings. The zero-order valence-electron chi connectivity index (χ0n) is 14.7. The molecule has 3 rings (SSSR count). The highest BCUT2D eigenvalue weighted by molar-refractivity contribution is 7.87. The number of likely N-dealkylation sites (tertiary alicyclic amines) is 1. The zero-order valence-corrected chi connectivity index (χ0v) is 15.5. The highest BCUT2D eigenvalue weighted by Gasteiger charge is 2.48. The number of rotatable bonds is 6. The Labute approximate surface area is 149 Å². The van der Waals surface area contributed by atoms with Crippen LogP contribution in [-0.2, 0) is 10.2 Å². The average Bonchev–Trinajstić information content (AvgIpc) is 3.17. The van der Waals surface area contributed by atoms with Crippen LogP contribution in [0.2, 0.25) is 0 Å². The van der Waals surface area contributed by atoms with Gasteiger partial charge in [-0.25, -0.2) is 0 Å². The summed E-state index contributed by atoms with van der Waals surface area (Å²) in [5.74, 6) is 0.683. The SMILES string of the molecule is CN(C)S(=O)(=O)N[C@@H]1C[C@@H](Oc2ccccc2)[C@H](O)[C@H]1N1CCCC1. The third kappa shape index (κ3) is 4.15. The molecule has 140 valence electrons. The Bertz CT molecular complexity index is 662. The number of aliphatic hydroxyl groups excluding tert-OH is 1. The lowest BCUT2D eigenvalue weighted by atomic mass is 10.1. The molecule has 1 aliphatic heterocycles. The summed E-state index contributed by atoms with van der Waals surface area (Å²) in [6, 6.07) is 8.69. The molecule has 0 spiro atoms. The molecule has 1 aliphatic carbocycles. The quantitative estimate of drug-likeness (QED) is 0.760. The predicted molar refractivity (Wildman–Crippen MR) is 95.6 cm³/mol. The molecule has 1 saturated heterocycles. The summed E-state index contributed by atoms with van der Waals surface area (Å²) in [5.41, 5.74) is 0. The second kappa shape index (κ2) is 7.59. The molecule has 0 aromatic heterocycles. The molecule has 0 amide bonds. The van der Waals surface area contributed by atoms with Gasteiger partial charge in [-0.15, -0.1) is 0 Å². The van der Waals surface area contributed by atoms with E-state index in [1.165, 1.54) is 14.1 Å². The standard InChI is InChI=1S/C17H27N3O4S/c1-19(2)25(22,23)18-14-12-15(24-13-8-4-3-5-9-13)17(21)16(14)20-10-6-7-11-20/h3-5,8-9,14-18,21H,6-7,10-12H2,1-2H3/t14-,15-,16+,17+/m1/s1. The van der Waals surface area contributed by atoms with Crippen LogP contribution in [0.3, 0.4) is 0 Å². The maximum Gasteiger partial charge on any atom is 0.279 e. The molecular weight excluding hydrogens is 342 g/mol. The number of nitrogens with zero attached hydrogens (tertiary/aromatic N) is 2. The lowest BCUT2D eigenvalue weighted by Crippen LogP contribution is -2.54. The number of benzene rings is 1. The van der Waals surface area contributed by atoms with Crippen LogP contribution in [0.5, 0.6) is 5.75 Å². The van der Waals surface area contributed by atoms with Crippen LogP contribution in [-0.4, -0.2) is 74.2 Å². The number of aliphatic hydroxyl groups is 1. The summed E-state index contributed by atoms with van der Waals surface area (Å²) in [6.45, 7) is 1.75. The Kier molecular flexibility index (Phi) is 5.65. The van der Waals surface area contributed by atoms with Gasteiger partial charge in [-0.1, -0.05) is 18.2 Å². The van der Waals surface area contributed by atoms with Gasteiger partial charge in [-0.05, 0) is 38.1 Å². The number of para-hydroxylation sites is 1. The van der Waals surface area contributed by atoms with Crippen molar-refractivity contribution in [2.24, 2.45) is 0 Å². The second-order valence-corrected chi connectivity index (χ2v) is 8.86. The number of ether oxygens (including phenoxy) is 1. The van der Waals surface area contributed by atoms with Crippen LogP contribution < -0.4 is 9.46 Å². The van der Waals surface area contributed by atoms with Gasteiger partial charge in [-0.2, -0.15) is 17.4 Å². The van der Waals surface area contributed by atoms with Gasteiger partial charge in [0.15, 0.2) is 0 Å². The van der Waals surface area contributed by atoms with Gasteiger partial charge >= 0.3 is 0 Å². The van der Waals surface area contributed by atoms with Gasteiger partial charge in [0.25, 0.3) is 10.2 Å². The molecular formula is C17H27N3O4S. The van der Waals surface area contributed by atoms with Crippen molar-refractivity contribution >= 4 is 10.2 Å². The first kappa shape index (κ1) is 18.6. The maximum absolute atomic E-state index is 12.3. The molecule has 1 aromatic rings. The first-order chi connectivity index (χ1) is 11.9. The van der Waals surface area contributed by atoms with E-state index in [9.17, 15) is 13.5 Å². The molecule has 1 saturated carbocycles. The van der Waals surface area contributed by atoms with Crippen molar-refractivity contribution in [3.63, 3.8) is 0 Å². The molecule has 8 heteroatoms. The van der Waals surface area contributed by atoms with E-state index in [0.29, 0.717) is 12.2 Å². The number of nitrogens with one attached hydrogen (secondary N) is 1. The van der Waals surface area contributed by atoms with E-state index in [1.54, 1.807) is 0 Å². The molecule has 2 N–H and O–H groups in total. The van der Waals surface area contributed by atoms with Crippen molar-refractivity contribution in [2.45, 2.75) is 43.6 Å². The Morgan fingerprint density at radius 2 is 1.84 bits per heavy atom. The van der Waals surface area contributed by atoms with Gasteiger partial charge in [-0.3, -0.25) is 4.90 Å². The third-order valence-electron chi connectivity index (χ3n) is 5.00. The average molecular weight is 369 g/mol. The highest BCUT2D eigenvalue weighted by atomic mass is 32.2. The monoisotopic (exact) mass is 369 g/mol. The lowest BCUT2D eigenvalue weighted by molar-refractivity contribution is 0.0146. The molecule has 1 heterocycles. The van der Waals surface area contributed by atoms with Gasteiger partial charge in [0.2, 0.25) is 0 Å². The summed E-state index contributed by atoms with van der Waals surface area (Å²) in [5, 5.41) is 10.9. The van der Waals surface area contributed by atoms with E-state index in [2.05, 4.69) is 9.62 Å². The Hall–Kier alpha value is -1.19. The topological polar surface area (TPSA) is 82.1 Å². The van der Waals surface area contributed by atoms with E-state index >= 15 is 0 Å². The minimum Gasteiger partial charge on any atom is -0.488 e. The molecule has 1 aromatic carbocycles. The highest BCUT2D eigenvalue weighted by Crippen LogP contribution is 2.31. The molecule has 7 nitrogen and oxygen atoms in total. The van der Waals surface area contributed by atoms with Gasteiger partial charge in [0, 0.05) is 26.6 Å². The van der Waals surface area contributed by atoms with Gasteiger partial charge in [0.1, 0.15) is 18.0 Å². The van der Waals surface area contributed by atoms with E-state index in [4.69, 9.17) is 4.74 Å². The Morgan fingerprint density at radius 1 is 1.20 bits per heavy atom. The van der Waals surface area contributed by atoms with Crippen LogP contribution in [0.1, 0.15) is 19.3 Å². The molecule has 25 heavy (non-hydrogen) atoms.